The Bertz CT molecular complexity index is 747. The van der Waals surface area contributed by atoms with Gasteiger partial charge in [0.2, 0.25) is 5.91 Å². The first-order valence-corrected chi connectivity index (χ1v) is 8.94. The van der Waals surface area contributed by atoms with Crippen LogP contribution >= 0.6 is 27.7 Å². The highest BCUT2D eigenvalue weighted by atomic mass is 79.9. The molecule has 1 saturated heterocycles. The molecule has 1 fully saturated rings. The summed E-state index contributed by atoms with van der Waals surface area (Å²) in [5.41, 5.74) is 0.940. The summed E-state index contributed by atoms with van der Waals surface area (Å²) < 4.78 is 1.05. The molecule has 2 aromatic rings. The lowest BCUT2D eigenvalue weighted by Gasteiger charge is -2.17. The van der Waals surface area contributed by atoms with E-state index in [4.69, 9.17) is 0 Å². The Morgan fingerprint density at radius 3 is 2.77 bits per heavy atom. The first kappa shape index (κ1) is 15.6. The van der Waals surface area contributed by atoms with Crippen molar-refractivity contribution in [2.45, 2.75) is 13.3 Å². The molecule has 1 amide bonds. The van der Waals surface area contributed by atoms with Crippen molar-refractivity contribution >= 4 is 55.2 Å². The van der Waals surface area contributed by atoms with Gasteiger partial charge in [0, 0.05) is 35.8 Å². The molecule has 0 aliphatic carbocycles. The van der Waals surface area contributed by atoms with Gasteiger partial charge in [-0.1, -0.05) is 39.8 Å². The van der Waals surface area contributed by atoms with E-state index in [2.05, 4.69) is 28.1 Å². The summed E-state index contributed by atoms with van der Waals surface area (Å²) in [6, 6.07) is 12.2. The summed E-state index contributed by atoms with van der Waals surface area (Å²) in [6.07, 6.45) is 0.526. The molecule has 22 heavy (non-hydrogen) atoms. The van der Waals surface area contributed by atoms with Gasteiger partial charge in [0.05, 0.1) is 0 Å². The number of carbonyl (C=O) groups is 2. The number of fused-ring (bicyclic) bond motifs is 1. The number of rotatable bonds is 3. The maximum Gasteiger partial charge on any atom is 0.227 e. The Hall–Kier alpha value is -1.33. The van der Waals surface area contributed by atoms with Gasteiger partial charge in [0.1, 0.15) is 0 Å². The second kappa shape index (κ2) is 6.42. The molecule has 0 aromatic heterocycles. The molecule has 0 spiro atoms. The van der Waals surface area contributed by atoms with Crippen LogP contribution in [0.25, 0.3) is 10.8 Å². The number of halogens is 1. The van der Waals surface area contributed by atoms with Gasteiger partial charge in [-0.05, 0) is 41.0 Å². The molecule has 0 saturated carbocycles. The standard InChI is InChI=1S/C17H16BrNO2S/c1-11(20)22-10-12-6-17(21)19(9-12)16-5-3-13-7-15(18)4-2-14(13)8-16/h2-5,7-8,12H,6,9-10H2,1H3. The predicted molar refractivity (Wildman–Crippen MR) is 95.2 cm³/mol. The summed E-state index contributed by atoms with van der Waals surface area (Å²) in [6.45, 7) is 2.27. The number of anilines is 1. The SMILES string of the molecule is CC(=O)SCC1CC(=O)N(c2ccc3cc(Br)ccc3c2)C1. The number of amides is 1. The van der Waals surface area contributed by atoms with Crippen LogP contribution in [0, 0.1) is 5.92 Å². The van der Waals surface area contributed by atoms with Crippen molar-refractivity contribution in [1.29, 1.82) is 0 Å². The maximum atomic E-state index is 12.2. The van der Waals surface area contributed by atoms with Crippen molar-refractivity contribution < 1.29 is 9.59 Å². The first-order chi connectivity index (χ1) is 10.5. The number of thioether (sulfide) groups is 1. The number of hydrogen-bond donors (Lipinski definition) is 0. The van der Waals surface area contributed by atoms with Crippen LogP contribution in [0.2, 0.25) is 0 Å². The zero-order valence-electron chi connectivity index (χ0n) is 12.2. The third-order valence-corrected chi connectivity index (χ3v) is 5.36. The zero-order chi connectivity index (χ0) is 15.7. The van der Waals surface area contributed by atoms with Crippen LogP contribution < -0.4 is 4.90 Å². The fourth-order valence-corrected chi connectivity index (χ4v) is 3.82. The third-order valence-electron chi connectivity index (χ3n) is 3.82. The summed E-state index contributed by atoms with van der Waals surface area (Å²) in [5, 5.41) is 2.38. The van der Waals surface area contributed by atoms with E-state index in [9.17, 15) is 9.59 Å². The van der Waals surface area contributed by atoms with Gasteiger partial charge in [-0.25, -0.2) is 0 Å². The number of nitrogens with zero attached hydrogens (tertiary/aromatic N) is 1. The lowest BCUT2D eigenvalue weighted by molar-refractivity contribution is -0.117. The molecule has 1 aliphatic rings. The fraction of sp³-hybridized carbons (Fsp3) is 0.294. The van der Waals surface area contributed by atoms with E-state index in [1.54, 1.807) is 6.92 Å². The normalized spacial score (nSPS) is 18.2. The minimum atomic E-state index is 0.113. The summed E-state index contributed by atoms with van der Waals surface area (Å²) in [7, 11) is 0. The van der Waals surface area contributed by atoms with Gasteiger partial charge in [-0.15, -0.1) is 0 Å². The van der Waals surface area contributed by atoms with Crippen molar-refractivity contribution in [2.75, 3.05) is 17.2 Å². The van der Waals surface area contributed by atoms with E-state index in [1.807, 2.05) is 29.2 Å². The Labute approximate surface area is 142 Å². The van der Waals surface area contributed by atoms with Crippen LogP contribution in [-0.2, 0) is 9.59 Å². The predicted octanol–water partition coefficient (Wildman–Crippen LogP) is 4.23. The molecule has 1 heterocycles. The Balaban J connectivity index is 1.80. The highest BCUT2D eigenvalue weighted by molar-refractivity contribution is 9.10. The third kappa shape index (κ3) is 3.36. The average Bonchev–Trinajstić information content (AvgIpc) is 2.85. The van der Waals surface area contributed by atoms with Crippen molar-refractivity contribution in [3.8, 4) is 0 Å². The van der Waals surface area contributed by atoms with Crippen molar-refractivity contribution in [1.82, 2.24) is 0 Å². The van der Waals surface area contributed by atoms with Crippen LogP contribution in [0.1, 0.15) is 13.3 Å². The molecular formula is C17H16BrNO2S. The van der Waals surface area contributed by atoms with Crippen LogP contribution in [0.15, 0.2) is 40.9 Å². The van der Waals surface area contributed by atoms with Gasteiger partial charge in [-0.2, -0.15) is 0 Å². The number of benzene rings is 2. The van der Waals surface area contributed by atoms with E-state index in [0.717, 1.165) is 26.7 Å². The molecule has 3 rings (SSSR count). The molecule has 5 heteroatoms. The highest BCUT2D eigenvalue weighted by Crippen LogP contribution is 2.30. The molecule has 0 bridgehead atoms. The molecule has 1 atom stereocenters. The van der Waals surface area contributed by atoms with E-state index in [0.29, 0.717) is 13.0 Å². The highest BCUT2D eigenvalue weighted by Gasteiger charge is 2.30. The fourth-order valence-electron chi connectivity index (χ4n) is 2.75. The lowest BCUT2D eigenvalue weighted by atomic mass is 10.1. The smallest absolute Gasteiger partial charge is 0.227 e. The van der Waals surface area contributed by atoms with Gasteiger partial charge in [0.25, 0.3) is 0 Å². The van der Waals surface area contributed by atoms with E-state index in [-0.39, 0.29) is 16.9 Å². The van der Waals surface area contributed by atoms with Crippen LogP contribution in [0.5, 0.6) is 0 Å². The summed E-state index contributed by atoms with van der Waals surface area (Å²) >= 11 is 4.78. The van der Waals surface area contributed by atoms with Crippen molar-refractivity contribution in [3.63, 3.8) is 0 Å². The van der Waals surface area contributed by atoms with Crippen LogP contribution in [0.3, 0.4) is 0 Å². The van der Waals surface area contributed by atoms with Gasteiger partial charge < -0.3 is 4.90 Å². The molecule has 1 unspecified atom stereocenters. The van der Waals surface area contributed by atoms with Gasteiger partial charge >= 0.3 is 0 Å². The van der Waals surface area contributed by atoms with Gasteiger partial charge in [-0.3, -0.25) is 9.59 Å². The Kier molecular flexibility index (Phi) is 4.54. The molecule has 1 aliphatic heterocycles. The van der Waals surface area contributed by atoms with Crippen molar-refractivity contribution in [2.24, 2.45) is 5.92 Å². The first-order valence-electron chi connectivity index (χ1n) is 7.16. The quantitative estimate of drug-likeness (QED) is 0.802. The Morgan fingerprint density at radius 2 is 2.00 bits per heavy atom. The number of hydrogen-bond acceptors (Lipinski definition) is 3. The molecule has 0 radical (unpaired) electrons. The second-order valence-electron chi connectivity index (χ2n) is 5.55. The minimum Gasteiger partial charge on any atom is -0.312 e. The van der Waals surface area contributed by atoms with Crippen molar-refractivity contribution in [3.05, 3.63) is 40.9 Å². The lowest BCUT2D eigenvalue weighted by Crippen LogP contribution is -2.24. The van der Waals surface area contributed by atoms with Crippen LogP contribution in [0.4, 0.5) is 5.69 Å². The Morgan fingerprint density at radius 1 is 1.27 bits per heavy atom. The molecule has 114 valence electrons. The molecule has 0 N–H and O–H groups in total. The topological polar surface area (TPSA) is 37.4 Å². The van der Waals surface area contributed by atoms with Gasteiger partial charge in [0.15, 0.2) is 5.12 Å². The van der Waals surface area contributed by atoms with E-state index in [1.165, 1.54) is 11.8 Å². The summed E-state index contributed by atoms with van der Waals surface area (Å²) in [4.78, 5) is 25.2. The minimum absolute atomic E-state index is 0.113. The van der Waals surface area contributed by atoms with E-state index >= 15 is 0 Å². The summed E-state index contributed by atoms with van der Waals surface area (Å²) in [5.74, 6) is 1.12. The molecular weight excluding hydrogens is 362 g/mol. The second-order valence-corrected chi connectivity index (χ2v) is 7.67. The van der Waals surface area contributed by atoms with E-state index < -0.39 is 0 Å². The molecule has 3 nitrogen and oxygen atoms in total. The number of carbonyl (C=O) groups excluding carboxylic acids is 2. The zero-order valence-corrected chi connectivity index (χ0v) is 14.6. The largest absolute Gasteiger partial charge is 0.312 e. The monoisotopic (exact) mass is 377 g/mol. The maximum absolute atomic E-state index is 12.2. The van der Waals surface area contributed by atoms with Crippen LogP contribution in [-0.4, -0.2) is 23.3 Å². The average molecular weight is 378 g/mol. The molecule has 2 aromatic carbocycles.